The molecule has 3 aliphatic rings. The molecule has 4 rings (SSSR count). The Kier molecular flexibility index (Phi) is 3.15. The average molecular weight is 318 g/mol. The zero-order valence-electron chi connectivity index (χ0n) is 12.8. The SMILES string of the molecule is CC1CNCCC12CN(c1ccc3c(n1)NC(=O)CO3)C(=O)O2. The topological polar surface area (TPSA) is 92.8 Å². The number of nitrogens with zero attached hydrogens (tertiary/aromatic N) is 2. The first-order chi connectivity index (χ1) is 11.1. The van der Waals surface area contributed by atoms with E-state index in [1.165, 1.54) is 4.90 Å². The number of rotatable bonds is 1. The van der Waals surface area contributed by atoms with Gasteiger partial charge in [-0.2, -0.15) is 0 Å². The number of carbonyl (C=O) groups is 2. The van der Waals surface area contributed by atoms with E-state index in [0.29, 0.717) is 23.9 Å². The Bertz CT molecular complexity index is 679. The molecule has 2 amide bonds. The number of fused-ring (bicyclic) bond motifs is 1. The van der Waals surface area contributed by atoms with Gasteiger partial charge in [-0.1, -0.05) is 6.92 Å². The van der Waals surface area contributed by atoms with Crippen LogP contribution >= 0.6 is 0 Å². The predicted octanol–water partition coefficient (Wildman–Crippen LogP) is 0.737. The predicted molar refractivity (Wildman–Crippen MR) is 81.6 cm³/mol. The summed E-state index contributed by atoms with van der Waals surface area (Å²) in [6.07, 6.45) is 0.385. The minimum Gasteiger partial charge on any atom is -0.480 e. The van der Waals surface area contributed by atoms with Gasteiger partial charge in [0.2, 0.25) is 0 Å². The maximum atomic E-state index is 12.4. The molecule has 8 heteroatoms. The Morgan fingerprint density at radius 2 is 2.26 bits per heavy atom. The van der Waals surface area contributed by atoms with Gasteiger partial charge in [-0.25, -0.2) is 9.78 Å². The van der Waals surface area contributed by atoms with Gasteiger partial charge < -0.3 is 20.1 Å². The van der Waals surface area contributed by atoms with Gasteiger partial charge in [-0.15, -0.1) is 0 Å². The highest BCUT2D eigenvalue weighted by Crippen LogP contribution is 2.38. The number of piperidine rings is 1. The van der Waals surface area contributed by atoms with Crippen LogP contribution in [0.5, 0.6) is 5.75 Å². The van der Waals surface area contributed by atoms with Crippen LogP contribution in [-0.4, -0.2) is 48.8 Å². The van der Waals surface area contributed by atoms with Crippen molar-refractivity contribution in [2.24, 2.45) is 5.92 Å². The molecule has 2 N–H and O–H groups in total. The molecule has 23 heavy (non-hydrogen) atoms. The third-order valence-corrected chi connectivity index (χ3v) is 4.75. The zero-order chi connectivity index (χ0) is 16.0. The van der Waals surface area contributed by atoms with Crippen LogP contribution in [0.4, 0.5) is 16.4 Å². The van der Waals surface area contributed by atoms with Crippen molar-refractivity contribution in [2.45, 2.75) is 18.9 Å². The number of ether oxygens (including phenoxy) is 2. The van der Waals surface area contributed by atoms with Crippen LogP contribution in [-0.2, 0) is 9.53 Å². The first-order valence-corrected chi connectivity index (χ1v) is 7.72. The van der Waals surface area contributed by atoms with Crippen LogP contribution in [0.2, 0.25) is 0 Å². The molecule has 1 spiro atoms. The fourth-order valence-corrected chi connectivity index (χ4v) is 3.31. The van der Waals surface area contributed by atoms with Crippen molar-refractivity contribution in [3.8, 4) is 5.75 Å². The molecule has 0 saturated carbocycles. The van der Waals surface area contributed by atoms with Gasteiger partial charge >= 0.3 is 6.09 Å². The summed E-state index contributed by atoms with van der Waals surface area (Å²) in [5.74, 6) is 1.28. The van der Waals surface area contributed by atoms with Crippen LogP contribution in [0.1, 0.15) is 13.3 Å². The van der Waals surface area contributed by atoms with Crippen molar-refractivity contribution < 1.29 is 19.1 Å². The van der Waals surface area contributed by atoms with E-state index in [2.05, 4.69) is 22.5 Å². The van der Waals surface area contributed by atoms with E-state index in [4.69, 9.17) is 9.47 Å². The molecule has 1 aromatic rings. The lowest BCUT2D eigenvalue weighted by atomic mass is 9.83. The number of aromatic nitrogens is 1. The quantitative estimate of drug-likeness (QED) is 0.793. The molecule has 3 aliphatic heterocycles. The fraction of sp³-hybridized carbons (Fsp3) is 0.533. The van der Waals surface area contributed by atoms with Gasteiger partial charge in [0.15, 0.2) is 18.2 Å². The van der Waals surface area contributed by atoms with Crippen molar-refractivity contribution in [2.75, 3.05) is 36.5 Å². The van der Waals surface area contributed by atoms with E-state index in [1.54, 1.807) is 12.1 Å². The number of carbonyl (C=O) groups excluding carboxylic acids is 2. The van der Waals surface area contributed by atoms with Gasteiger partial charge in [-0.05, 0) is 18.7 Å². The van der Waals surface area contributed by atoms with Crippen molar-refractivity contribution in [1.82, 2.24) is 10.3 Å². The highest BCUT2D eigenvalue weighted by molar-refractivity contribution is 5.95. The number of nitrogens with one attached hydrogen (secondary N) is 2. The van der Waals surface area contributed by atoms with E-state index >= 15 is 0 Å². The maximum absolute atomic E-state index is 12.4. The molecule has 0 bridgehead atoms. The average Bonchev–Trinajstić information content (AvgIpc) is 2.87. The normalized spacial score (nSPS) is 29.8. The Balaban J connectivity index is 1.62. The highest BCUT2D eigenvalue weighted by atomic mass is 16.6. The summed E-state index contributed by atoms with van der Waals surface area (Å²) in [5, 5.41) is 5.97. The van der Waals surface area contributed by atoms with E-state index in [9.17, 15) is 9.59 Å². The molecule has 1 aromatic heterocycles. The molecular formula is C15H18N4O4. The molecule has 2 atom stereocenters. The highest BCUT2D eigenvalue weighted by Gasteiger charge is 2.50. The molecular weight excluding hydrogens is 300 g/mol. The second-order valence-electron chi connectivity index (χ2n) is 6.23. The summed E-state index contributed by atoms with van der Waals surface area (Å²) in [6, 6.07) is 3.42. The minimum absolute atomic E-state index is 0.0204. The monoisotopic (exact) mass is 318 g/mol. The Morgan fingerprint density at radius 3 is 3.09 bits per heavy atom. The van der Waals surface area contributed by atoms with Crippen LogP contribution in [0.3, 0.4) is 0 Å². The van der Waals surface area contributed by atoms with Crippen LogP contribution < -0.4 is 20.3 Å². The third-order valence-electron chi connectivity index (χ3n) is 4.75. The lowest BCUT2D eigenvalue weighted by molar-refractivity contribution is -0.118. The van der Waals surface area contributed by atoms with Crippen molar-refractivity contribution in [3.63, 3.8) is 0 Å². The smallest absolute Gasteiger partial charge is 0.416 e. The third kappa shape index (κ3) is 2.29. The summed E-state index contributed by atoms with van der Waals surface area (Å²) in [5.41, 5.74) is -0.473. The van der Waals surface area contributed by atoms with Crippen molar-refractivity contribution in [3.05, 3.63) is 12.1 Å². The van der Waals surface area contributed by atoms with E-state index < -0.39 is 11.7 Å². The number of hydrogen-bond donors (Lipinski definition) is 2. The minimum atomic E-state index is -0.473. The molecule has 8 nitrogen and oxygen atoms in total. The summed E-state index contributed by atoms with van der Waals surface area (Å²) in [4.78, 5) is 29.7. The van der Waals surface area contributed by atoms with Gasteiger partial charge in [0.1, 0.15) is 11.4 Å². The maximum Gasteiger partial charge on any atom is 0.416 e. The van der Waals surface area contributed by atoms with E-state index in [1.807, 2.05) is 0 Å². The number of amides is 2. The summed E-state index contributed by atoms with van der Waals surface area (Å²) < 4.78 is 11.0. The standard InChI is InChI=1S/C15H18N4O4/c1-9-6-16-5-4-15(9)8-19(14(21)23-15)11-3-2-10-13(17-11)18-12(20)7-22-10/h2-3,9,16H,4-8H2,1H3,(H,17,18,20). The molecule has 0 aliphatic carbocycles. The van der Waals surface area contributed by atoms with Crippen LogP contribution in [0.25, 0.3) is 0 Å². The second kappa shape index (κ2) is 5.09. The molecule has 2 saturated heterocycles. The molecule has 0 radical (unpaired) electrons. The Labute approximate surface area is 133 Å². The van der Waals surface area contributed by atoms with E-state index in [-0.39, 0.29) is 18.4 Å². The van der Waals surface area contributed by atoms with Gasteiger partial charge in [0, 0.05) is 18.9 Å². The Hall–Kier alpha value is -2.35. The summed E-state index contributed by atoms with van der Waals surface area (Å²) in [7, 11) is 0. The Morgan fingerprint density at radius 1 is 1.39 bits per heavy atom. The molecule has 4 heterocycles. The van der Waals surface area contributed by atoms with Crippen LogP contribution in [0, 0.1) is 5.92 Å². The second-order valence-corrected chi connectivity index (χ2v) is 6.23. The van der Waals surface area contributed by atoms with Crippen LogP contribution in [0.15, 0.2) is 12.1 Å². The largest absolute Gasteiger partial charge is 0.480 e. The van der Waals surface area contributed by atoms with Crippen molar-refractivity contribution in [1.29, 1.82) is 0 Å². The van der Waals surface area contributed by atoms with Crippen molar-refractivity contribution >= 4 is 23.6 Å². The van der Waals surface area contributed by atoms with E-state index in [0.717, 1.165) is 19.5 Å². The lowest BCUT2D eigenvalue weighted by Gasteiger charge is -2.37. The van der Waals surface area contributed by atoms with Gasteiger partial charge in [-0.3, -0.25) is 9.69 Å². The first kappa shape index (κ1) is 14.3. The first-order valence-electron chi connectivity index (χ1n) is 7.72. The number of hydrogen-bond acceptors (Lipinski definition) is 6. The fourth-order valence-electron chi connectivity index (χ4n) is 3.31. The molecule has 2 fully saturated rings. The zero-order valence-corrected chi connectivity index (χ0v) is 12.8. The molecule has 2 unspecified atom stereocenters. The molecule has 122 valence electrons. The summed E-state index contributed by atoms with van der Waals surface area (Å²) in [6.45, 7) is 4.18. The number of pyridine rings is 1. The number of anilines is 2. The van der Waals surface area contributed by atoms with Gasteiger partial charge in [0.25, 0.3) is 5.91 Å². The summed E-state index contributed by atoms with van der Waals surface area (Å²) >= 11 is 0. The van der Waals surface area contributed by atoms with Gasteiger partial charge in [0.05, 0.1) is 6.54 Å². The molecule has 0 aromatic carbocycles. The lowest BCUT2D eigenvalue weighted by Crippen LogP contribution is -2.51.